The van der Waals surface area contributed by atoms with Gasteiger partial charge in [-0.3, -0.25) is 0 Å². The van der Waals surface area contributed by atoms with Crippen molar-refractivity contribution in [3.63, 3.8) is 0 Å². The lowest BCUT2D eigenvalue weighted by atomic mass is 9.74. The molecule has 0 spiro atoms. The van der Waals surface area contributed by atoms with Gasteiger partial charge in [-0.1, -0.05) is 60.6 Å². The summed E-state index contributed by atoms with van der Waals surface area (Å²) in [6.45, 7) is 7.30. The van der Waals surface area contributed by atoms with Crippen LogP contribution in [0.25, 0.3) is 0 Å². The first-order chi connectivity index (χ1) is 12.6. The fraction of sp³-hybridized carbons (Fsp3) is 0.583. The van der Waals surface area contributed by atoms with Crippen LogP contribution in [0.3, 0.4) is 0 Å². The second-order valence-corrected chi connectivity index (χ2v) is 7.95. The Kier molecular flexibility index (Phi) is 8.61. The molecule has 2 aliphatic carbocycles. The second-order valence-electron chi connectivity index (χ2n) is 7.95. The molecule has 144 valence electrons. The Morgan fingerprint density at radius 3 is 2.62 bits per heavy atom. The summed E-state index contributed by atoms with van der Waals surface area (Å²) in [4.78, 5) is 0. The van der Waals surface area contributed by atoms with Crippen LogP contribution in [-0.2, 0) is 0 Å². The highest BCUT2D eigenvalue weighted by molar-refractivity contribution is 5.32. The molecule has 0 aromatic carbocycles. The van der Waals surface area contributed by atoms with E-state index in [1.165, 1.54) is 31.3 Å². The van der Waals surface area contributed by atoms with Crippen molar-refractivity contribution in [3.05, 3.63) is 59.3 Å². The fourth-order valence-electron chi connectivity index (χ4n) is 4.37. The predicted octanol–water partition coefficient (Wildman–Crippen LogP) is 5.44. The van der Waals surface area contributed by atoms with Crippen molar-refractivity contribution in [2.75, 3.05) is 6.54 Å². The molecule has 1 fully saturated rings. The molecule has 2 rings (SSSR count). The minimum Gasteiger partial charge on any atom is -0.330 e. The monoisotopic (exact) mass is 354 g/mol. The maximum absolute atomic E-state index is 6.37. The Morgan fingerprint density at radius 2 is 2.00 bits per heavy atom. The number of allylic oxidation sites excluding steroid dienone is 10. The Hall–Kier alpha value is -1.38. The van der Waals surface area contributed by atoms with Gasteiger partial charge in [0.2, 0.25) is 0 Å². The van der Waals surface area contributed by atoms with Crippen LogP contribution in [0.15, 0.2) is 59.3 Å². The summed E-state index contributed by atoms with van der Waals surface area (Å²) in [5, 5.41) is 0. The van der Waals surface area contributed by atoms with Gasteiger partial charge in [0.15, 0.2) is 0 Å². The van der Waals surface area contributed by atoms with Crippen LogP contribution in [0.4, 0.5) is 0 Å². The SMILES string of the molecule is C/C=C\C=C/CC1=CC(C)/C(=C\C(=C/C)C2CCC(CN)[C@@H](N)C2)CC1. The maximum atomic E-state index is 6.37. The van der Waals surface area contributed by atoms with Crippen molar-refractivity contribution in [3.8, 4) is 0 Å². The molecule has 4 atom stereocenters. The summed E-state index contributed by atoms with van der Waals surface area (Å²) in [6, 6.07) is 0.256. The molecular formula is C24H38N2. The van der Waals surface area contributed by atoms with Gasteiger partial charge in [-0.2, -0.15) is 0 Å². The first kappa shape index (κ1) is 20.9. The first-order valence-corrected chi connectivity index (χ1v) is 10.4. The smallest absolute Gasteiger partial charge is 0.00850 e. The molecule has 0 bridgehead atoms. The zero-order valence-corrected chi connectivity index (χ0v) is 17.0. The topological polar surface area (TPSA) is 52.0 Å². The fourth-order valence-corrected chi connectivity index (χ4v) is 4.37. The number of nitrogens with two attached hydrogens (primary N) is 2. The van der Waals surface area contributed by atoms with Crippen LogP contribution in [0.5, 0.6) is 0 Å². The highest BCUT2D eigenvalue weighted by Gasteiger charge is 2.28. The minimum absolute atomic E-state index is 0.256. The molecule has 2 heteroatoms. The van der Waals surface area contributed by atoms with Gasteiger partial charge in [-0.05, 0) is 82.2 Å². The summed E-state index contributed by atoms with van der Waals surface area (Å²) < 4.78 is 0. The highest BCUT2D eigenvalue weighted by Crippen LogP contribution is 2.36. The third-order valence-electron chi connectivity index (χ3n) is 6.13. The summed E-state index contributed by atoms with van der Waals surface area (Å²) >= 11 is 0. The molecule has 4 N–H and O–H groups in total. The molecular weight excluding hydrogens is 316 g/mol. The Bertz CT molecular complexity index is 591. The van der Waals surface area contributed by atoms with E-state index < -0.39 is 0 Å². The molecule has 0 aromatic rings. The van der Waals surface area contributed by atoms with Crippen LogP contribution in [0.1, 0.15) is 59.3 Å². The van der Waals surface area contributed by atoms with Crippen molar-refractivity contribution in [1.82, 2.24) is 0 Å². The average Bonchev–Trinajstić information content (AvgIpc) is 2.64. The zero-order chi connectivity index (χ0) is 18.9. The van der Waals surface area contributed by atoms with E-state index in [9.17, 15) is 0 Å². The van der Waals surface area contributed by atoms with Gasteiger partial charge >= 0.3 is 0 Å². The molecule has 26 heavy (non-hydrogen) atoms. The zero-order valence-electron chi connectivity index (χ0n) is 17.0. The normalized spacial score (nSPS) is 32.6. The Morgan fingerprint density at radius 1 is 1.19 bits per heavy atom. The average molecular weight is 355 g/mol. The summed E-state index contributed by atoms with van der Waals surface area (Å²) in [7, 11) is 0. The van der Waals surface area contributed by atoms with Crippen molar-refractivity contribution in [2.45, 2.75) is 65.3 Å². The summed E-state index contributed by atoms with van der Waals surface area (Å²) in [6.07, 6.45) is 22.8. The molecule has 0 saturated heterocycles. The quantitative estimate of drug-likeness (QED) is 0.493. The largest absolute Gasteiger partial charge is 0.330 e. The third-order valence-corrected chi connectivity index (χ3v) is 6.13. The van der Waals surface area contributed by atoms with Crippen molar-refractivity contribution < 1.29 is 0 Å². The molecule has 0 aromatic heterocycles. The standard InChI is InChI=1S/C24H38N2/c1-4-6-7-8-9-19-10-11-21(18(3)14-19)15-20(5-2)22-12-13-23(17-25)24(26)16-22/h4-8,14-15,18,22-24H,9-13,16-17,25-26H2,1-3H3/b6-4-,8-7-,20-5+,21-15-/t18?,22?,23?,24-/m0/s1. The van der Waals surface area contributed by atoms with Crippen molar-refractivity contribution >= 4 is 0 Å². The van der Waals surface area contributed by atoms with E-state index >= 15 is 0 Å². The Balaban J connectivity index is 2.01. The molecule has 3 unspecified atom stereocenters. The molecule has 1 saturated carbocycles. The van der Waals surface area contributed by atoms with Gasteiger partial charge in [0.1, 0.15) is 0 Å². The molecule has 0 radical (unpaired) electrons. The van der Waals surface area contributed by atoms with E-state index in [4.69, 9.17) is 11.5 Å². The number of hydrogen-bond donors (Lipinski definition) is 2. The number of rotatable bonds is 6. The lowest BCUT2D eigenvalue weighted by Crippen LogP contribution is -2.40. The van der Waals surface area contributed by atoms with E-state index in [0.29, 0.717) is 17.8 Å². The van der Waals surface area contributed by atoms with Gasteiger partial charge in [-0.15, -0.1) is 0 Å². The summed E-state index contributed by atoms with van der Waals surface area (Å²) in [5.41, 5.74) is 16.9. The van der Waals surface area contributed by atoms with Crippen molar-refractivity contribution in [2.24, 2.45) is 29.2 Å². The summed E-state index contributed by atoms with van der Waals surface area (Å²) in [5.74, 6) is 1.65. The highest BCUT2D eigenvalue weighted by atomic mass is 14.7. The first-order valence-electron chi connectivity index (χ1n) is 10.4. The Labute approximate surface area is 160 Å². The van der Waals surface area contributed by atoms with E-state index in [0.717, 1.165) is 19.4 Å². The van der Waals surface area contributed by atoms with Crippen LogP contribution in [-0.4, -0.2) is 12.6 Å². The lowest BCUT2D eigenvalue weighted by Gasteiger charge is -2.34. The van der Waals surface area contributed by atoms with Gasteiger partial charge in [-0.25, -0.2) is 0 Å². The van der Waals surface area contributed by atoms with Crippen LogP contribution in [0, 0.1) is 17.8 Å². The molecule has 2 aliphatic rings. The third kappa shape index (κ3) is 5.82. The molecule has 0 amide bonds. The molecule has 0 aliphatic heterocycles. The van der Waals surface area contributed by atoms with Gasteiger partial charge in [0, 0.05) is 6.04 Å². The van der Waals surface area contributed by atoms with E-state index in [2.05, 4.69) is 63.3 Å². The van der Waals surface area contributed by atoms with E-state index in [1.54, 1.807) is 11.1 Å². The minimum atomic E-state index is 0.256. The number of hydrogen-bond acceptors (Lipinski definition) is 2. The second kappa shape index (κ2) is 10.7. The molecule has 0 heterocycles. The van der Waals surface area contributed by atoms with E-state index in [-0.39, 0.29) is 6.04 Å². The van der Waals surface area contributed by atoms with Crippen LogP contribution >= 0.6 is 0 Å². The van der Waals surface area contributed by atoms with Crippen LogP contribution in [0.2, 0.25) is 0 Å². The van der Waals surface area contributed by atoms with Crippen molar-refractivity contribution in [1.29, 1.82) is 0 Å². The van der Waals surface area contributed by atoms with Gasteiger partial charge < -0.3 is 11.5 Å². The van der Waals surface area contributed by atoms with E-state index in [1.807, 2.05) is 0 Å². The van der Waals surface area contributed by atoms with Gasteiger partial charge in [0.25, 0.3) is 0 Å². The predicted molar refractivity (Wildman–Crippen MR) is 115 cm³/mol. The maximum Gasteiger partial charge on any atom is 0.00850 e. The molecule has 2 nitrogen and oxygen atoms in total. The van der Waals surface area contributed by atoms with Gasteiger partial charge in [0.05, 0.1) is 0 Å². The lowest BCUT2D eigenvalue weighted by molar-refractivity contribution is 0.267. The van der Waals surface area contributed by atoms with Crippen LogP contribution < -0.4 is 11.5 Å².